The molecule has 0 heterocycles. The molecule has 0 aromatic heterocycles. The molecule has 0 aliphatic carbocycles. The van der Waals surface area contributed by atoms with Crippen LogP contribution in [0.4, 0.5) is 0 Å². The maximum absolute atomic E-state index is 4.42. The lowest BCUT2D eigenvalue weighted by Gasteiger charge is -2.13. The first kappa shape index (κ1) is 12.4. The van der Waals surface area contributed by atoms with E-state index in [0.29, 0.717) is 6.04 Å². The SMILES string of the molecule is CCC(C)NC(C)=NCCN(C)C. The fraction of sp³-hybridized carbons (Fsp3) is 0.900. The molecule has 0 rings (SSSR count). The Balaban J connectivity index is 3.62. The molecule has 0 bridgehead atoms. The standard InChI is InChI=1S/C10H23N3/c1-6-9(2)12-10(3)11-7-8-13(4)5/h9H,6-8H2,1-5H3,(H,11,12). The fourth-order valence-corrected chi connectivity index (χ4v) is 0.922. The summed E-state index contributed by atoms with van der Waals surface area (Å²) in [5.41, 5.74) is 0. The molecule has 1 unspecified atom stereocenters. The predicted octanol–water partition coefficient (Wildman–Crippen LogP) is 1.35. The number of likely N-dealkylation sites (N-methyl/N-ethyl adjacent to an activating group) is 1. The number of hydrogen-bond acceptors (Lipinski definition) is 2. The smallest absolute Gasteiger partial charge is 0.0934 e. The maximum atomic E-state index is 4.42. The largest absolute Gasteiger partial charge is 0.372 e. The second-order valence-electron chi connectivity index (χ2n) is 3.72. The van der Waals surface area contributed by atoms with Gasteiger partial charge in [-0.05, 0) is 34.4 Å². The Hall–Kier alpha value is -0.570. The van der Waals surface area contributed by atoms with Crippen LogP contribution in [0.2, 0.25) is 0 Å². The Labute approximate surface area is 82.2 Å². The minimum atomic E-state index is 0.531. The van der Waals surface area contributed by atoms with Gasteiger partial charge in [0.1, 0.15) is 0 Å². The van der Waals surface area contributed by atoms with Crippen molar-refractivity contribution < 1.29 is 0 Å². The molecule has 0 aliphatic rings. The molecule has 0 aliphatic heterocycles. The molecule has 3 heteroatoms. The van der Waals surface area contributed by atoms with E-state index in [1.165, 1.54) is 0 Å². The number of aliphatic imine (C=N–C) groups is 1. The third-order valence-corrected chi connectivity index (χ3v) is 1.96. The molecular formula is C10H23N3. The molecule has 78 valence electrons. The van der Waals surface area contributed by atoms with Crippen molar-refractivity contribution in [2.45, 2.75) is 33.2 Å². The van der Waals surface area contributed by atoms with Gasteiger partial charge in [-0.25, -0.2) is 0 Å². The summed E-state index contributed by atoms with van der Waals surface area (Å²) in [6, 6.07) is 0.531. The topological polar surface area (TPSA) is 27.6 Å². The highest BCUT2D eigenvalue weighted by Crippen LogP contribution is 1.88. The van der Waals surface area contributed by atoms with Crippen molar-refractivity contribution in [3.8, 4) is 0 Å². The molecule has 0 amide bonds. The van der Waals surface area contributed by atoms with Crippen molar-refractivity contribution in [3.63, 3.8) is 0 Å². The molecule has 0 saturated carbocycles. The normalized spacial score (nSPS) is 14.8. The van der Waals surface area contributed by atoms with Gasteiger partial charge in [0.25, 0.3) is 0 Å². The summed E-state index contributed by atoms with van der Waals surface area (Å²) in [5, 5.41) is 3.33. The monoisotopic (exact) mass is 185 g/mol. The molecule has 0 fully saturated rings. The molecule has 0 spiro atoms. The van der Waals surface area contributed by atoms with Crippen LogP contribution in [0.15, 0.2) is 4.99 Å². The van der Waals surface area contributed by atoms with Crippen LogP contribution in [0.5, 0.6) is 0 Å². The first-order valence-corrected chi connectivity index (χ1v) is 4.98. The second-order valence-corrected chi connectivity index (χ2v) is 3.72. The molecule has 1 atom stereocenters. The summed E-state index contributed by atoms with van der Waals surface area (Å²) in [6.45, 7) is 8.26. The van der Waals surface area contributed by atoms with Crippen LogP contribution in [-0.4, -0.2) is 44.0 Å². The van der Waals surface area contributed by atoms with Crippen molar-refractivity contribution in [2.75, 3.05) is 27.2 Å². The quantitative estimate of drug-likeness (QED) is 0.517. The lowest BCUT2D eigenvalue weighted by Crippen LogP contribution is -2.30. The van der Waals surface area contributed by atoms with E-state index >= 15 is 0 Å². The van der Waals surface area contributed by atoms with Crippen molar-refractivity contribution >= 4 is 5.84 Å². The van der Waals surface area contributed by atoms with E-state index in [2.05, 4.69) is 43.2 Å². The zero-order valence-corrected chi connectivity index (χ0v) is 9.59. The Morgan fingerprint density at radius 3 is 2.54 bits per heavy atom. The van der Waals surface area contributed by atoms with Gasteiger partial charge >= 0.3 is 0 Å². The average molecular weight is 185 g/mol. The summed E-state index contributed by atoms with van der Waals surface area (Å²) in [4.78, 5) is 6.56. The summed E-state index contributed by atoms with van der Waals surface area (Å²) in [5.74, 6) is 1.05. The van der Waals surface area contributed by atoms with Gasteiger partial charge in [-0.1, -0.05) is 6.92 Å². The molecule has 3 nitrogen and oxygen atoms in total. The Kier molecular flexibility index (Phi) is 6.59. The highest BCUT2D eigenvalue weighted by molar-refractivity contribution is 5.79. The molecule has 1 N–H and O–H groups in total. The van der Waals surface area contributed by atoms with E-state index in [4.69, 9.17) is 0 Å². The van der Waals surface area contributed by atoms with E-state index in [1.54, 1.807) is 0 Å². The zero-order chi connectivity index (χ0) is 10.3. The molecule has 0 aromatic rings. The summed E-state index contributed by atoms with van der Waals surface area (Å²) < 4.78 is 0. The van der Waals surface area contributed by atoms with Crippen molar-refractivity contribution in [2.24, 2.45) is 4.99 Å². The van der Waals surface area contributed by atoms with E-state index in [9.17, 15) is 0 Å². The van der Waals surface area contributed by atoms with E-state index < -0.39 is 0 Å². The number of nitrogens with zero attached hydrogens (tertiary/aromatic N) is 2. The van der Waals surface area contributed by atoms with Crippen LogP contribution in [0.25, 0.3) is 0 Å². The number of rotatable bonds is 5. The molecule has 0 radical (unpaired) electrons. The van der Waals surface area contributed by atoms with Gasteiger partial charge in [-0.2, -0.15) is 0 Å². The minimum absolute atomic E-state index is 0.531. The van der Waals surface area contributed by atoms with E-state index in [1.807, 2.05) is 6.92 Å². The Bertz CT molecular complexity index is 152. The molecule has 0 saturated heterocycles. The van der Waals surface area contributed by atoms with Gasteiger partial charge in [0.15, 0.2) is 0 Å². The third-order valence-electron chi connectivity index (χ3n) is 1.96. The van der Waals surface area contributed by atoms with Crippen molar-refractivity contribution in [3.05, 3.63) is 0 Å². The van der Waals surface area contributed by atoms with Gasteiger partial charge in [0.05, 0.1) is 12.4 Å². The number of nitrogens with one attached hydrogen (secondary N) is 1. The van der Waals surface area contributed by atoms with E-state index in [-0.39, 0.29) is 0 Å². The first-order chi connectivity index (χ1) is 6.06. The fourth-order valence-electron chi connectivity index (χ4n) is 0.922. The predicted molar refractivity (Wildman–Crippen MR) is 59.4 cm³/mol. The van der Waals surface area contributed by atoms with Crippen molar-refractivity contribution in [1.29, 1.82) is 0 Å². The van der Waals surface area contributed by atoms with Gasteiger partial charge in [-0.3, -0.25) is 4.99 Å². The van der Waals surface area contributed by atoms with Crippen LogP contribution in [0, 0.1) is 0 Å². The Morgan fingerprint density at radius 1 is 1.46 bits per heavy atom. The molecule has 0 aromatic carbocycles. The highest BCUT2D eigenvalue weighted by atomic mass is 15.1. The minimum Gasteiger partial charge on any atom is -0.372 e. The van der Waals surface area contributed by atoms with Crippen LogP contribution >= 0.6 is 0 Å². The first-order valence-electron chi connectivity index (χ1n) is 4.98. The van der Waals surface area contributed by atoms with Crippen LogP contribution in [0.1, 0.15) is 27.2 Å². The van der Waals surface area contributed by atoms with Crippen LogP contribution in [0.3, 0.4) is 0 Å². The third kappa shape index (κ3) is 7.78. The lowest BCUT2D eigenvalue weighted by molar-refractivity contribution is 0.420. The van der Waals surface area contributed by atoms with Gasteiger partial charge < -0.3 is 10.2 Å². The van der Waals surface area contributed by atoms with Crippen LogP contribution in [-0.2, 0) is 0 Å². The number of hydrogen-bond donors (Lipinski definition) is 1. The second kappa shape index (κ2) is 6.89. The van der Waals surface area contributed by atoms with Crippen LogP contribution < -0.4 is 5.32 Å². The lowest BCUT2D eigenvalue weighted by atomic mass is 10.2. The zero-order valence-electron chi connectivity index (χ0n) is 9.59. The molecular weight excluding hydrogens is 162 g/mol. The van der Waals surface area contributed by atoms with Crippen molar-refractivity contribution in [1.82, 2.24) is 10.2 Å². The summed E-state index contributed by atoms with van der Waals surface area (Å²) >= 11 is 0. The summed E-state index contributed by atoms with van der Waals surface area (Å²) in [6.07, 6.45) is 1.14. The van der Waals surface area contributed by atoms with Gasteiger partial charge in [0.2, 0.25) is 0 Å². The van der Waals surface area contributed by atoms with Gasteiger partial charge in [0, 0.05) is 12.6 Å². The van der Waals surface area contributed by atoms with Gasteiger partial charge in [-0.15, -0.1) is 0 Å². The molecule has 13 heavy (non-hydrogen) atoms. The Morgan fingerprint density at radius 2 is 2.08 bits per heavy atom. The highest BCUT2D eigenvalue weighted by Gasteiger charge is 1.97. The average Bonchev–Trinajstić information content (AvgIpc) is 2.03. The number of amidine groups is 1. The summed E-state index contributed by atoms with van der Waals surface area (Å²) in [7, 11) is 4.12. The van der Waals surface area contributed by atoms with E-state index in [0.717, 1.165) is 25.3 Å². The maximum Gasteiger partial charge on any atom is 0.0934 e.